The lowest BCUT2D eigenvalue weighted by Gasteiger charge is -2.34. The van der Waals surface area contributed by atoms with Gasteiger partial charge in [-0.2, -0.15) is 5.10 Å². The number of carbonyl (C=O) groups is 1. The third kappa shape index (κ3) is 6.31. The van der Waals surface area contributed by atoms with E-state index in [2.05, 4.69) is 20.1 Å². The van der Waals surface area contributed by atoms with Crippen LogP contribution in [-0.2, 0) is 17.8 Å². The van der Waals surface area contributed by atoms with Gasteiger partial charge in [0.2, 0.25) is 5.91 Å². The maximum Gasteiger partial charge on any atom is 0.222 e. The molecular formula is C26H37N9O. The van der Waals surface area contributed by atoms with Gasteiger partial charge in [0.15, 0.2) is 5.82 Å². The van der Waals surface area contributed by atoms with E-state index in [-0.39, 0.29) is 17.2 Å². The second-order valence-electron chi connectivity index (χ2n) is 8.61. The summed E-state index contributed by atoms with van der Waals surface area (Å²) in [7, 11) is 0. The van der Waals surface area contributed by atoms with Crippen molar-refractivity contribution in [1.29, 1.82) is 10.8 Å². The van der Waals surface area contributed by atoms with Gasteiger partial charge in [-0.3, -0.25) is 25.5 Å². The number of rotatable bonds is 6. The highest BCUT2D eigenvalue weighted by atomic mass is 16.2. The van der Waals surface area contributed by atoms with Crippen molar-refractivity contribution in [2.75, 3.05) is 26.2 Å². The third-order valence-corrected chi connectivity index (χ3v) is 6.22. The lowest BCUT2D eigenvalue weighted by Crippen LogP contribution is -2.48. The van der Waals surface area contributed by atoms with E-state index in [1.54, 1.807) is 23.7 Å². The number of nitrogens with one attached hydrogen (secondary N) is 2. The van der Waals surface area contributed by atoms with Gasteiger partial charge in [-0.1, -0.05) is 19.9 Å². The van der Waals surface area contributed by atoms with Gasteiger partial charge in [0, 0.05) is 51.0 Å². The standard InChI is InChI=1S/C24H31N9O.C2H6/c1-17-21(18(2)32(28-17)23-9-8-22(26)33(29-23)19(3)25)7-10-24(34)31-14-12-30(13-15-31)16-20-6-4-5-11-27-20;1-2/h4-6,8-9,11,25-26H,7,10,12-16H2,1-3H3;1-2H3. The Bertz CT molecular complexity index is 1240. The monoisotopic (exact) mass is 491 g/mol. The first-order chi connectivity index (χ1) is 17.3. The maximum absolute atomic E-state index is 12.9. The lowest BCUT2D eigenvalue weighted by atomic mass is 10.1. The maximum atomic E-state index is 12.9. The number of carbonyl (C=O) groups excluding carboxylic acids is 1. The predicted octanol–water partition coefficient (Wildman–Crippen LogP) is 2.71. The Kier molecular flexibility index (Phi) is 9.24. The van der Waals surface area contributed by atoms with Crippen LogP contribution in [0.15, 0.2) is 36.5 Å². The number of hydrogen-bond acceptors (Lipinski definition) is 7. The fraction of sp³-hybridized carbons (Fsp3) is 0.462. The molecule has 0 spiro atoms. The molecule has 3 aromatic heterocycles. The van der Waals surface area contributed by atoms with Gasteiger partial charge in [0.1, 0.15) is 11.3 Å². The van der Waals surface area contributed by atoms with Gasteiger partial charge < -0.3 is 4.90 Å². The SMILES string of the molecule is CC.CC(=N)n1nc(-n2nc(C)c(CCC(=O)N3CCN(Cc4ccccn4)CC3)c2C)ccc1=N. The molecule has 1 amide bonds. The minimum Gasteiger partial charge on any atom is -0.340 e. The van der Waals surface area contributed by atoms with E-state index in [1.165, 1.54) is 4.68 Å². The minimum atomic E-state index is 0.142. The van der Waals surface area contributed by atoms with Gasteiger partial charge in [-0.15, -0.1) is 5.10 Å². The number of aryl methyl sites for hydroxylation is 1. The van der Waals surface area contributed by atoms with Gasteiger partial charge in [0.05, 0.1) is 11.4 Å². The summed E-state index contributed by atoms with van der Waals surface area (Å²) < 4.78 is 2.99. The van der Waals surface area contributed by atoms with E-state index in [1.807, 2.05) is 57.0 Å². The van der Waals surface area contributed by atoms with Gasteiger partial charge in [0.25, 0.3) is 0 Å². The van der Waals surface area contributed by atoms with Crippen LogP contribution >= 0.6 is 0 Å². The number of amides is 1. The molecule has 4 rings (SSSR count). The van der Waals surface area contributed by atoms with Crippen LogP contribution in [0.4, 0.5) is 0 Å². The molecule has 2 N–H and O–H groups in total. The second-order valence-corrected chi connectivity index (χ2v) is 8.61. The van der Waals surface area contributed by atoms with Crippen molar-refractivity contribution in [3.63, 3.8) is 0 Å². The van der Waals surface area contributed by atoms with E-state index in [9.17, 15) is 4.79 Å². The summed E-state index contributed by atoms with van der Waals surface area (Å²) in [5.74, 6) is 0.877. The molecule has 36 heavy (non-hydrogen) atoms. The van der Waals surface area contributed by atoms with Gasteiger partial charge in [-0.05, 0) is 57.0 Å². The van der Waals surface area contributed by atoms with Crippen LogP contribution in [0.3, 0.4) is 0 Å². The molecule has 0 bridgehead atoms. The number of piperazine rings is 1. The number of hydrogen-bond donors (Lipinski definition) is 2. The summed E-state index contributed by atoms with van der Waals surface area (Å²) in [6.07, 6.45) is 2.87. The number of pyridine rings is 1. The highest BCUT2D eigenvalue weighted by molar-refractivity contribution is 5.77. The van der Waals surface area contributed by atoms with Crippen molar-refractivity contribution in [2.45, 2.75) is 54.0 Å². The molecule has 0 atom stereocenters. The Morgan fingerprint density at radius 1 is 1.03 bits per heavy atom. The molecule has 3 aromatic rings. The van der Waals surface area contributed by atoms with E-state index >= 15 is 0 Å². The summed E-state index contributed by atoms with van der Waals surface area (Å²) in [4.78, 5) is 21.6. The molecule has 1 aliphatic rings. The van der Waals surface area contributed by atoms with Crippen LogP contribution in [0.1, 0.15) is 49.8 Å². The van der Waals surface area contributed by atoms with Crippen LogP contribution in [-0.4, -0.2) is 72.3 Å². The molecule has 4 heterocycles. The van der Waals surface area contributed by atoms with Crippen LogP contribution in [0.2, 0.25) is 0 Å². The molecule has 1 fully saturated rings. The Morgan fingerprint density at radius 2 is 1.75 bits per heavy atom. The van der Waals surface area contributed by atoms with E-state index in [4.69, 9.17) is 10.8 Å². The Morgan fingerprint density at radius 3 is 2.39 bits per heavy atom. The zero-order valence-electron chi connectivity index (χ0n) is 22.0. The Hall–Kier alpha value is -3.66. The molecule has 10 nitrogen and oxygen atoms in total. The minimum absolute atomic E-state index is 0.142. The second kappa shape index (κ2) is 12.3. The smallest absolute Gasteiger partial charge is 0.222 e. The van der Waals surface area contributed by atoms with Gasteiger partial charge >= 0.3 is 0 Å². The first-order valence-electron chi connectivity index (χ1n) is 12.5. The highest BCUT2D eigenvalue weighted by Crippen LogP contribution is 2.19. The first kappa shape index (κ1) is 26.9. The summed E-state index contributed by atoms with van der Waals surface area (Å²) in [6, 6.07) is 9.28. The first-order valence-corrected chi connectivity index (χ1v) is 12.5. The van der Waals surface area contributed by atoms with Crippen LogP contribution in [0, 0.1) is 24.7 Å². The third-order valence-electron chi connectivity index (χ3n) is 6.22. The molecule has 0 radical (unpaired) electrons. The fourth-order valence-corrected chi connectivity index (χ4v) is 4.31. The fourth-order valence-electron chi connectivity index (χ4n) is 4.31. The summed E-state index contributed by atoms with van der Waals surface area (Å²) in [5.41, 5.74) is 4.02. The molecule has 10 heteroatoms. The summed E-state index contributed by atoms with van der Waals surface area (Å²) in [6.45, 7) is 13.5. The molecule has 0 saturated carbocycles. The van der Waals surface area contributed by atoms with E-state index in [0.29, 0.717) is 18.7 Å². The topological polar surface area (TPSA) is 120 Å². The predicted molar refractivity (Wildman–Crippen MR) is 139 cm³/mol. The van der Waals surface area contributed by atoms with Crippen molar-refractivity contribution < 1.29 is 4.79 Å². The molecule has 0 aromatic carbocycles. The van der Waals surface area contributed by atoms with Crippen molar-refractivity contribution in [3.05, 3.63) is 64.7 Å². The van der Waals surface area contributed by atoms with Gasteiger partial charge in [-0.25, -0.2) is 9.36 Å². The van der Waals surface area contributed by atoms with Crippen molar-refractivity contribution in [3.8, 4) is 5.82 Å². The molecule has 1 saturated heterocycles. The molecule has 0 aliphatic carbocycles. The number of nitrogens with zero attached hydrogens (tertiary/aromatic N) is 7. The summed E-state index contributed by atoms with van der Waals surface area (Å²) in [5, 5.41) is 24.7. The van der Waals surface area contributed by atoms with E-state index in [0.717, 1.165) is 55.4 Å². The largest absolute Gasteiger partial charge is 0.340 e. The van der Waals surface area contributed by atoms with Crippen molar-refractivity contribution in [2.24, 2.45) is 0 Å². The Balaban J connectivity index is 0.00000176. The number of aromatic nitrogens is 5. The molecule has 192 valence electrons. The van der Waals surface area contributed by atoms with Crippen molar-refractivity contribution in [1.82, 2.24) is 34.3 Å². The molecular weight excluding hydrogens is 454 g/mol. The van der Waals surface area contributed by atoms with Crippen LogP contribution in [0.25, 0.3) is 5.82 Å². The van der Waals surface area contributed by atoms with Crippen LogP contribution < -0.4 is 5.49 Å². The zero-order chi connectivity index (χ0) is 26.2. The van der Waals surface area contributed by atoms with E-state index < -0.39 is 0 Å². The average molecular weight is 492 g/mol. The zero-order valence-corrected chi connectivity index (χ0v) is 22.0. The van der Waals surface area contributed by atoms with Crippen LogP contribution in [0.5, 0.6) is 0 Å². The summed E-state index contributed by atoms with van der Waals surface area (Å²) >= 11 is 0. The Labute approximate surface area is 212 Å². The molecule has 0 unspecified atom stereocenters. The van der Waals surface area contributed by atoms with Crippen molar-refractivity contribution >= 4 is 11.7 Å². The lowest BCUT2D eigenvalue weighted by molar-refractivity contribution is -0.133. The molecule has 1 aliphatic heterocycles. The normalized spacial score (nSPS) is 13.8. The average Bonchev–Trinajstić information content (AvgIpc) is 3.18. The highest BCUT2D eigenvalue weighted by Gasteiger charge is 2.22. The quantitative estimate of drug-likeness (QED) is 0.406.